The van der Waals surface area contributed by atoms with Gasteiger partial charge in [-0.3, -0.25) is 0 Å². The second-order valence-corrected chi connectivity index (χ2v) is 16.1. The Morgan fingerprint density at radius 2 is 1.21 bits per heavy atom. The fourth-order valence-corrected chi connectivity index (χ4v) is 13.8. The molecule has 0 radical (unpaired) electrons. The third kappa shape index (κ3) is 2.72. The highest BCUT2D eigenvalue weighted by Gasteiger charge is 2.75. The van der Waals surface area contributed by atoms with Gasteiger partial charge in [0.1, 0.15) is 0 Å². The molecular formula is C34H46. The van der Waals surface area contributed by atoms with Crippen molar-refractivity contribution in [3.05, 3.63) is 48.0 Å². The van der Waals surface area contributed by atoms with E-state index in [9.17, 15) is 0 Å². The van der Waals surface area contributed by atoms with E-state index in [0.717, 1.165) is 11.8 Å². The Bertz CT molecular complexity index is 1050. The van der Waals surface area contributed by atoms with Gasteiger partial charge in [-0.2, -0.15) is 0 Å². The normalized spacial score (nSPS) is 54.4. The highest BCUT2D eigenvalue weighted by Crippen LogP contribution is 2.84. The minimum atomic E-state index is 0.428. The van der Waals surface area contributed by atoms with E-state index in [0.29, 0.717) is 38.4 Å². The molecule has 7 unspecified atom stereocenters. The van der Waals surface area contributed by atoms with Crippen molar-refractivity contribution in [3.8, 4) is 0 Å². The largest absolute Gasteiger partial charge is 0.0985 e. The average molecular weight is 455 g/mol. The van der Waals surface area contributed by atoms with Crippen LogP contribution in [0.1, 0.15) is 121 Å². The molecule has 0 heterocycles. The number of benzene rings is 1. The van der Waals surface area contributed by atoms with E-state index in [1.807, 2.05) is 0 Å². The van der Waals surface area contributed by atoms with Crippen LogP contribution in [0.2, 0.25) is 0 Å². The summed E-state index contributed by atoms with van der Waals surface area (Å²) in [6.45, 7) is 19.1. The Morgan fingerprint density at radius 3 is 1.74 bits per heavy atom. The zero-order valence-corrected chi connectivity index (χ0v) is 22.3. The summed E-state index contributed by atoms with van der Waals surface area (Å²) < 4.78 is 0. The monoisotopic (exact) mass is 454 g/mol. The zero-order chi connectivity index (χ0) is 23.8. The summed E-state index contributed by atoms with van der Waals surface area (Å²) in [5, 5.41) is 0. The maximum atomic E-state index is 4.17. The standard InChI is InChI=1S/C34H46/c1-7-23-9-24(8-2)11-27(10-23)28-32(6)15-26-14-31(5,19-32)22-34(28,17-26)33-16-25-12-29(3,20-33)18-30(4,13-25)21-33/h7-11,25-26,28H,1-2,12-22H2,3-6H3. The van der Waals surface area contributed by atoms with Crippen LogP contribution in [0, 0.1) is 44.3 Å². The number of rotatable bonds is 4. The molecule has 182 valence electrons. The van der Waals surface area contributed by atoms with Gasteiger partial charge in [-0.15, -0.1) is 0 Å². The summed E-state index contributed by atoms with van der Waals surface area (Å²) in [7, 11) is 0. The molecule has 8 aliphatic carbocycles. The smallest absolute Gasteiger partial charge is 0.00450 e. The third-order valence-electron chi connectivity index (χ3n) is 12.5. The molecule has 0 saturated heterocycles. The predicted molar refractivity (Wildman–Crippen MR) is 144 cm³/mol. The van der Waals surface area contributed by atoms with Gasteiger partial charge in [0.2, 0.25) is 0 Å². The van der Waals surface area contributed by atoms with Crippen molar-refractivity contribution >= 4 is 12.2 Å². The van der Waals surface area contributed by atoms with Crippen molar-refractivity contribution in [2.45, 2.75) is 104 Å². The summed E-state index contributed by atoms with van der Waals surface area (Å²) in [5.74, 6) is 2.61. The van der Waals surface area contributed by atoms with E-state index >= 15 is 0 Å². The molecule has 0 N–H and O–H groups in total. The van der Waals surface area contributed by atoms with Crippen molar-refractivity contribution in [1.29, 1.82) is 0 Å². The number of hydrogen-bond acceptors (Lipinski definition) is 0. The van der Waals surface area contributed by atoms with E-state index in [2.05, 4.69) is 71.2 Å². The summed E-state index contributed by atoms with van der Waals surface area (Å²) in [4.78, 5) is 0. The second-order valence-electron chi connectivity index (χ2n) is 16.1. The van der Waals surface area contributed by atoms with Crippen LogP contribution in [0.25, 0.3) is 12.2 Å². The van der Waals surface area contributed by atoms with E-state index < -0.39 is 0 Å². The molecule has 0 heteroatoms. The lowest BCUT2D eigenvalue weighted by Crippen LogP contribution is -2.69. The molecule has 8 bridgehead atoms. The highest BCUT2D eigenvalue weighted by molar-refractivity contribution is 5.58. The third-order valence-corrected chi connectivity index (χ3v) is 12.5. The van der Waals surface area contributed by atoms with E-state index in [1.54, 1.807) is 5.56 Å². The van der Waals surface area contributed by atoms with Crippen LogP contribution in [0.4, 0.5) is 0 Å². The van der Waals surface area contributed by atoms with Crippen LogP contribution in [-0.2, 0) is 0 Å². The van der Waals surface area contributed by atoms with Crippen LogP contribution in [0.3, 0.4) is 0 Å². The van der Waals surface area contributed by atoms with E-state index in [-0.39, 0.29) is 0 Å². The van der Waals surface area contributed by atoms with Gasteiger partial charge in [0.15, 0.2) is 0 Å². The Hall–Kier alpha value is -1.30. The fourth-order valence-electron chi connectivity index (χ4n) is 13.8. The van der Waals surface area contributed by atoms with Gasteiger partial charge >= 0.3 is 0 Å². The number of hydrogen-bond donors (Lipinski definition) is 0. The van der Waals surface area contributed by atoms with E-state index in [1.165, 1.54) is 81.8 Å². The molecule has 0 amide bonds. The van der Waals surface area contributed by atoms with Crippen molar-refractivity contribution < 1.29 is 0 Å². The first-order valence-electron chi connectivity index (χ1n) is 14.3. The second kappa shape index (κ2) is 6.33. The zero-order valence-electron chi connectivity index (χ0n) is 22.3. The predicted octanol–water partition coefficient (Wildman–Crippen LogP) is 9.66. The molecule has 7 atom stereocenters. The SMILES string of the molecule is C=Cc1cc(C=C)cc(C2C3(C)CC4CC(C)(C3)CC2(C23CC5CC(C)(CC(C)(C5)C2)C3)C4)c1. The summed E-state index contributed by atoms with van der Waals surface area (Å²) in [6.07, 6.45) is 20.6. The minimum absolute atomic E-state index is 0.428. The molecule has 0 spiro atoms. The average Bonchev–Trinajstić information content (AvgIpc) is 2.68. The molecule has 1 aromatic carbocycles. The fraction of sp³-hybridized carbons (Fsp3) is 0.706. The molecule has 8 saturated carbocycles. The van der Waals surface area contributed by atoms with Crippen LogP contribution < -0.4 is 0 Å². The van der Waals surface area contributed by atoms with Gasteiger partial charge < -0.3 is 0 Å². The molecule has 8 aliphatic rings. The lowest BCUT2D eigenvalue weighted by molar-refractivity contribution is -0.275. The molecule has 1 aromatic rings. The van der Waals surface area contributed by atoms with E-state index in [4.69, 9.17) is 0 Å². The van der Waals surface area contributed by atoms with Crippen LogP contribution in [-0.4, -0.2) is 0 Å². The summed E-state index contributed by atoms with van der Waals surface area (Å²) in [5.41, 5.74) is 7.36. The van der Waals surface area contributed by atoms with Crippen molar-refractivity contribution in [3.63, 3.8) is 0 Å². The molecule has 0 nitrogen and oxygen atoms in total. The van der Waals surface area contributed by atoms with Crippen molar-refractivity contribution in [2.75, 3.05) is 0 Å². The van der Waals surface area contributed by atoms with Gasteiger partial charge in [-0.25, -0.2) is 0 Å². The van der Waals surface area contributed by atoms with Gasteiger partial charge in [-0.05, 0) is 144 Å². The van der Waals surface area contributed by atoms with Gasteiger partial charge in [-0.1, -0.05) is 65.1 Å². The Labute approximate surface area is 208 Å². The van der Waals surface area contributed by atoms with Crippen molar-refractivity contribution in [1.82, 2.24) is 0 Å². The van der Waals surface area contributed by atoms with Gasteiger partial charge in [0.05, 0.1) is 0 Å². The molecule has 9 rings (SSSR count). The lowest BCUT2D eigenvalue weighted by atomic mass is 9.25. The first kappa shape index (κ1) is 21.9. The van der Waals surface area contributed by atoms with Crippen molar-refractivity contribution in [2.24, 2.45) is 44.3 Å². The van der Waals surface area contributed by atoms with Crippen LogP contribution in [0.5, 0.6) is 0 Å². The Balaban J connectivity index is 1.47. The molecule has 34 heavy (non-hydrogen) atoms. The van der Waals surface area contributed by atoms with Crippen LogP contribution in [0.15, 0.2) is 31.4 Å². The first-order valence-corrected chi connectivity index (χ1v) is 14.3. The van der Waals surface area contributed by atoms with Gasteiger partial charge in [0.25, 0.3) is 0 Å². The maximum Gasteiger partial charge on any atom is -0.00450 e. The first-order chi connectivity index (χ1) is 15.9. The minimum Gasteiger partial charge on any atom is -0.0985 e. The highest BCUT2D eigenvalue weighted by atomic mass is 14.8. The summed E-state index contributed by atoms with van der Waals surface area (Å²) >= 11 is 0. The molecule has 8 fully saturated rings. The summed E-state index contributed by atoms with van der Waals surface area (Å²) in [6, 6.07) is 7.35. The van der Waals surface area contributed by atoms with Gasteiger partial charge in [0, 0.05) is 0 Å². The van der Waals surface area contributed by atoms with Crippen LogP contribution >= 0.6 is 0 Å². The lowest BCUT2D eigenvalue weighted by Gasteiger charge is -2.79. The Morgan fingerprint density at radius 1 is 0.647 bits per heavy atom. The Kier molecular flexibility index (Phi) is 4.08. The maximum absolute atomic E-state index is 4.17. The molecule has 0 aliphatic heterocycles. The topological polar surface area (TPSA) is 0 Å². The molecule has 0 aromatic heterocycles. The quantitative estimate of drug-likeness (QED) is 0.425. The molecular weight excluding hydrogens is 408 g/mol.